The molecule has 4 heteroatoms. The Kier molecular flexibility index (Phi) is 17.5. The minimum atomic E-state index is -0.358. The summed E-state index contributed by atoms with van der Waals surface area (Å²) in [5.74, 6) is 0.726. The molecule has 0 amide bonds. The minimum absolute atomic E-state index is 0. The van der Waals surface area contributed by atoms with E-state index in [1.807, 2.05) is 45.9 Å². The molecule has 1 aromatic carbocycles. The van der Waals surface area contributed by atoms with Gasteiger partial charge < -0.3 is 9.53 Å². The number of esters is 1. The lowest BCUT2D eigenvalue weighted by atomic mass is 9.89. The van der Waals surface area contributed by atoms with Crippen LogP contribution in [0, 0.1) is 5.92 Å². The van der Waals surface area contributed by atoms with Gasteiger partial charge in [0.1, 0.15) is 11.6 Å². The number of allylic oxidation sites excluding steroid dienone is 2. The number of carbonyl (C=O) groups excluding carboxylic acids is 3. The molecule has 0 saturated heterocycles. The molecule has 192 valence electrons. The van der Waals surface area contributed by atoms with Gasteiger partial charge in [-0.25, -0.2) is 4.79 Å². The van der Waals surface area contributed by atoms with E-state index in [0.29, 0.717) is 36.5 Å². The van der Waals surface area contributed by atoms with Gasteiger partial charge in [0.2, 0.25) is 0 Å². The zero-order valence-corrected chi connectivity index (χ0v) is 22.3. The Hall–Kier alpha value is -2.49. The highest BCUT2D eigenvalue weighted by Crippen LogP contribution is 2.35. The maximum absolute atomic E-state index is 12.2. The molecule has 0 bridgehead atoms. The van der Waals surface area contributed by atoms with Gasteiger partial charge in [-0.2, -0.15) is 0 Å². The van der Waals surface area contributed by atoms with Crippen molar-refractivity contribution in [2.75, 3.05) is 7.11 Å². The number of methoxy groups -OCH3 is 1. The van der Waals surface area contributed by atoms with E-state index >= 15 is 0 Å². The van der Waals surface area contributed by atoms with Gasteiger partial charge in [-0.05, 0) is 62.5 Å². The Morgan fingerprint density at radius 1 is 1.03 bits per heavy atom. The van der Waals surface area contributed by atoms with Gasteiger partial charge in [0, 0.05) is 20.2 Å². The largest absolute Gasteiger partial charge is 0.465 e. The first-order valence-electron chi connectivity index (χ1n) is 13.0. The number of hydrogen-bond donors (Lipinski definition) is 0. The summed E-state index contributed by atoms with van der Waals surface area (Å²) in [5.41, 5.74) is 2.64. The van der Waals surface area contributed by atoms with E-state index in [2.05, 4.69) is 18.7 Å². The summed E-state index contributed by atoms with van der Waals surface area (Å²) < 4.78 is 4.95. The van der Waals surface area contributed by atoms with Crippen LogP contribution in [0.3, 0.4) is 0 Å². The third-order valence-corrected chi connectivity index (χ3v) is 5.95. The molecule has 1 aromatic rings. The number of Topliss-reactive ketones (excluding diaryl/α,β-unsaturated/α-hetero) is 2. The van der Waals surface area contributed by atoms with Crippen LogP contribution in [0.15, 0.2) is 43.0 Å². The van der Waals surface area contributed by atoms with Crippen LogP contribution < -0.4 is 0 Å². The number of hydrogen-bond acceptors (Lipinski definition) is 4. The predicted octanol–water partition coefficient (Wildman–Crippen LogP) is 8.11. The maximum atomic E-state index is 12.2. The first-order chi connectivity index (χ1) is 16.5. The van der Waals surface area contributed by atoms with Crippen molar-refractivity contribution in [2.24, 2.45) is 5.92 Å². The summed E-state index contributed by atoms with van der Waals surface area (Å²) in [6.45, 7) is 13.3. The van der Waals surface area contributed by atoms with Crippen LogP contribution in [0.5, 0.6) is 0 Å². The van der Waals surface area contributed by atoms with Crippen molar-refractivity contribution in [3.05, 3.63) is 54.1 Å². The summed E-state index contributed by atoms with van der Waals surface area (Å²) in [6.07, 6.45) is 11.0. The van der Waals surface area contributed by atoms with Crippen molar-refractivity contribution in [2.45, 2.75) is 98.3 Å². The quantitative estimate of drug-likeness (QED) is 0.113. The summed E-state index contributed by atoms with van der Waals surface area (Å²) in [6, 6.07) is 8.15. The molecule has 1 fully saturated rings. The topological polar surface area (TPSA) is 60.4 Å². The molecule has 2 rings (SSSR count). The second kappa shape index (κ2) is 18.9. The molecule has 1 saturated carbocycles. The number of ketones is 2. The SMILES string of the molecule is C=CCC(=O)C1CCCC(c2ccc(/C(=C/CCCC(C)=O)C(=O)OC)cc2)CC1.CC.CC.[HH]. The highest BCUT2D eigenvalue weighted by molar-refractivity contribution is 6.16. The standard InChI is InChI=1S/C26H34O4.2C2H6.H2/c1-4-8-25(28)23-11-7-10-20(15-18-23)21-13-16-22(17-14-21)24(26(29)30-3)12-6-5-9-19(2)27;2*1-2;/h4,12-14,16-17,20,23H,1,5-11,15,18H2,2-3H3;2*1-2H3;1H/b24-12-;;;. The fourth-order valence-corrected chi connectivity index (χ4v) is 4.23. The normalized spacial score (nSPS) is 17.6. The maximum Gasteiger partial charge on any atom is 0.338 e. The Balaban J connectivity index is 0. The lowest BCUT2D eigenvalue weighted by Gasteiger charge is -2.16. The number of rotatable bonds is 10. The molecule has 0 spiro atoms. The fraction of sp³-hybridized carbons (Fsp3) is 0.567. The van der Waals surface area contributed by atoms with Crippen molar-refractivity contribution in [3.8, 4) is 0 Å². The molecular weight excluding hydrogens is 424 g/mol. The van der Waals surface area contributed by atoms with E-state index in [1.165, 1.54) is 12.7 Å². The molecule has 1 aliphatic carbocycles. The van der Waals surface area contributed by atoms with Crippen LogP contribution in [-0.2, 0) is 19.1 Å². The summed E-state index contributed by atoms with van der Waals surface area (Å²) in [4.78, 5) is 35.6. The number of benzene rings is 1. The van der Waals surface area contributed by atoms with Crippen molar-refractivity contribution in [3.63, 3.8) is 0 Å². The monoisotopic (exact) mass is 472 g/mol. The van der Waals surface area contributed by atoms with E-state index in [9.17, 15) is 14.4 Å². The fourth-order valence-electron chi connectivity index (χ4n) is 4.23. The third kappa shape index (κ3) is 11.1. The molecule has 0 N–H and O–H groups in total. The van der Waals surface area contributed by atoms with Crippen LogP contribution in [0.1, 0.15) is 111 Å². The average Bonchev–Trinajstić information content (AvgIpc) is 3.13. The van der Waals surface area contributed by atoms with Crippen LogP contribution in [0.4, 0.5) is 0 Å². The molecule has 1 aliphatic rings. The van der Waals surface area contributed by atoms with Crippen LogP contribution >= 0.6 is 0 Å². The van der Waals surface area contributed by atoms with Crippen molar-refractivity contribution in [1.82, 2.24) is 0 Å². The molecule has 2 atom stereocenters. The number of ether oxygens (including phenoxy) is 1. The molecule has 0 aliphatic heterocycles. The van der Waals surface area contributed by atoms with Crippen molar-refractivity contribution < 1.29 is 20.5 Å². The lowest BCUT2D eigenvalue weighted by molar-refractivity contribution is -0.133. The van der Waals surface area contributed by atoms with Gasteiger partial charge in [0.15, 0.2) is 0 Å². The number of unbranched alkanes of at least 4 members (excludes halogenated alkanes) is 1. The van der Waals surface area contributed by atoms with Crippen LogP contribution in [0.25, 0.3) is 5.57 Å². The third-order valence-electron chi connectivity index (χ3n) is 5.95. The Labute approximate surface area is 209 Å². The number of carbonyl (C=O) groups is 3. The van der Waals surface area contributed by atoms with Gasteiger partial charge in [0.25, 0.3) is 0 Å². The Morgan fingerprint density at radius 2 is 1.68 bits per heavy atom. The summed E-state index contributed by atoms with van der Waals surface area (Å²) in [7, 11) is 1.38. The van der Waals surface area contributed by atoms with E-state index in [4.69, 9.17) is 4.74 Å². The molecule has 0 aromatic heterocycles. The summed E-state index contributed by atoms with van der Waals surface area (Å²) in [5, 5.41) is 0. The first kappa shape index (κ1) is 31.5. The van der Waals surface area contributed by atoms with Crippen molar-refractivity contribution in [1.29, 1.82) is 0 Å². The van der Waals surface area contributed by atoms with Gasteiger partial charge in [0.05, 0.1) is 12.7 Å². The van der Waals surface area contributed by atoms with Crippen LogP contribution in [-0.4, -0.2) is 24.6 Å². The molecule has 4 nitrogen and oxygen atoms in total. The zero-order chi connectivity index (χ0) is 25.9. The Bertz CT molecular complexity index is 780. The molecular formula is C30H48O4. The molecule has 0 radical (unpaired) electrons. The minimum Gasteiger partial charge on any atom is -0.465 e. The van der Waals surface area contributed by atoms with Crippen molar-refractivity contribution >= 4 is 23.1 Å². The first-order valence-corrected chi connectivity index (χ1v) is 13.0. The molecule has 2 unspecified atom stereocenters. The lowest BCUT2D eigenvalue weighted by Crippen LogP contribution is -2.12. The molecule has 0 heterocycles. The van der Waals surface area contributed by atoms with Gasteiger partial charge in [-0.15, -0.1) is 6.58 Å². The van der Waals surface area contributed by atoms with E-state index in [-0.39, 0.29) is 19.1 Å². The van der Waals surface area contributed by atoms with E-state index in [0.717, 1.165) is 44.1 Å². The van der Waals surface area contributed by atoms with E-state index < -0.39 is 0 Å². The zero-order valence-electron chi connectivity index (χ0n) is 22.3. The Morgan fingerprint density at radius 3 is 2.24 bits per heavy atom. The smallest absolute Gasteiger partial charge is 0.338 e. The van der Waals surface area contributed by atoms with Gasteiger partial charge >= 0.3 is 5.97 Å². The van der Waals surface area contributed by atoms with Gasteiger partial charge in [-0.1, -0.05) is 70.5 Å². The van der Waals surface area contributed by atoms with E-state index in [1.54, 1.807) is 13.0 Å². The second-order valence-electron chi connectivity index (χ2n) is 8.19. The summed E-state index contributed by atoms with van der Waals surface area (Å²) >= 11 is 0. The second-order valence-corrected chi connectivity index (χ2v) is 8.19. The predicted molar refractivity (Wildman–Crippen MR) is 145 cm³/mol. The molecule has 34 heavy (non-hydrogen) atoms. The average molecular weight is 473 g/mol. The highest BCUT2D eigenvalue weighted by Gasteiger charge is 2.24. The van der Waals surface area contributed by atoms with Gasteiger partial charge in [-0.3, -0.25) is 4.79 Å². The van der Waals surface area contributed by atoms with Crippen LogP contribution in [0.2, 0.25) is 0 Å². The highest BCUT2D eigenvalue weighted by atomic mass is 16.5.